The second-order valence-electron chi connectivity index (χ2n) is 3.32. The molecule has 0 aromatic carbocycles. The van der Waals surface area contributed by atoms with E-state index in [2.05, 4.69) is 28.2 Å². The molecule has 0 amide bonds. The third-order valence-electron chi connectivity index (χ3n) is 2.13. The average molecular weight is 262 g/mol. The first-order chi connectivity index (χ1) is 6.63. The predicted octanol–water partition coefficient (Wildman–Crippen LogP) is 2.73. The van der Waals surface area contributed by atoms with Gasteiger partial charge in [0.05, 0.1) is 12.1 Å². The number of furan rings is 1. The third-order valence-corrected chi connectivity index (χ3v) is 2.56. The summed E-state index contributed by atoms with van der Waals surface area (Å²) in [6.07, 6.45) is 0.218. The fraction of sp³-hybridized carbons (Fsp3) is 0.600. The largest absolute Gasteiger partial charge is 0.453 e. The minimum atomic E-state index is 0.207. The van der Waals surface area contributed by atoms with Gasteiger partial charge in [0.2, 0.25) is 0 Å². The van der Waals surface area contributed by atoms with E-state index in [1.165, 1.54) is 0 Å². The van der Waals surface area contributed by atoms with Gasteiger partial charge in [0.1, 0.15) is 5.76 Å². The van der Waals surface area contributed by atoms with Gasteiger partial charge in [-0.05, 0) is 41.9 Å². The number of rotatable bonds is 5. The van der Waals surface area contributed by atoms with Gasteiger partial charge in [-0.25, -0.2) is 0 Å². The Morgan fingerprint density at radius 3 is 2.71 bits per heavy atom. The summed E-state index contributed by atoms with van der Waals surface area (Å²) in [4.78, 5) is 0. The summed E-state index contributed by atoms with van der Waals surface area (Å²) in [6.45, 7) is 4.90. The van der Waals surface area contributed by atoms with E-state index in [4.69, 9.17) is 9.15 Å². The Bertz CT molecular complexity index is 275. The Balaban J connectivity index is 2.39. The highest BCUT2D eigenvalue weighted by Gasteiger charge is 2.10. The van der Waals surface area contributed by atoms with Gasteiger partial charge < -0.3 is 14.5 Å². The molecule has 0 aliphatic heterocycles. The van der Waals surface area contributed by atoms with Crippen molar-refractivity contribution in [3.8, 4) is 0 Å². The zero-order valence-corrected chi connectivity index (χ0v) is 10.3. The van der Waals surface area contributed by atoms with Crippen molar-refractivity contribution < 1.29 is 9.15 Å². The Hall–Kier alpha value is -0.320. The van der Waals surface area contributed by atoms with Gasteiger partial charge in [-0.15, -0.1) is 0 Å². The Morgan fingerprint density at radius 1 is 1.50 bits per heavy atom. The van der Waals surface area contributed by atoms with Crippen LogP contribution in [0.4, 0.5) is 0 Å². The molecule has 0 spiro atoms. The smallest absolute Gasteiger partial charge is 0.169 e. The fourth-order valence-electron chi connectivity index (χ4n) is 1.09. The first-order valence-corrected chi connectivity index (χ1v) is 5.44. The van der Waals surface area contributed by atoms with Crippen molar-refractivity contribution >= 4 is 15.9 Å². The van der Waals surface area contributed by atoms with Crippen molar-refractivity contribution in [1.82, 2.24) is 5.32 Å². The van der Waals surface area contributed by atoms with Gasteiger partial charge in [0.25, 0.3) is 0 Å². The number of halogens is 1. The van der Waals surface area contributed by atoms with Gasteiger partial charge in [-0.2, -0.15) is 0 Å². The minimum absolute atomic E-state index is 0.207. The SMILES string of the molecule is COC(C)CNC(C)c1ccc(Br)o1. The molecule has 0 saturated carbocycles. The summed E-state index contributed by atoms with van der Waals surface area (Å²) in [5, 5.41) is 3.32. The molecule has 80 valence electrons. The molecule has 1 aromatic rings. The predicted molar refractivity (Wildman–Crippen MR) is 59.3 cm³/mol. The van der Waals surface area contributed by atoms with E-state index >= 15 is 0 Å². The zero-order chi connectivity index (χ0) is 10.6. The van der Waals surface area contributed by atoms with Crippen LogP contribution in [0, 0.1) is 0 Å². The highest BCUT2D eigenvalue weighted by atomic mass is 79.9. The zero-order valence-electron chi connectivity index (χ0n) is 8.71. The van der Waals surface area contributed by atoms with Crippen molar-refractivity contribution in [1.29, 1.82) is 0 Å². The maximum atomic E-state index is 5.42. The van der Waals surface area contributed by atoms with Crippen LogP contribution < -0.4 is 5.32 Å². The quantitative estimate of drug-likeness (QED) is 0.885. The Kier molecular flexibility index (Phi) is 4.65. The second-order valence-corrected chi connectivity index (χ2v) is 4.10. The highest BCUT2D eigenvalue weighted by molar-refractivity contribution is 9.10. The van der Waals surface area contributed by atoms with Crippen molar-refractivity contribution in [2.24, 2.45) is 0 Å². The summed E-state index contributed by atoms with van der Waals surface area (Å²) in [5.74, 6) is 0.931. The molecule has 0 aliphatic rings. The molecule has 0 fully saturated rings. The van der Waals surface area contributed by atoms with E-state index in [9.17, 15) is 0 Å². The maximum Gasteiger partial charge on any atom is 0.169 e. The standard InChI is InChI=1S/C10H16BrNO2/c1-7(13-3)6-12-8(2)9-4-5-10(11)14-9/h4-5,7-8,12H,6H2,1-3H3. The van der Waals surface area contributed by atoms with E-state index in [1.54, 1.807) is 7.11 Å². The third kappa shape index (κ3) is 3.44. The first kappa shape index (κ1) is 11.8. The molecular weight excluding hydrogens is 246 g/mol. The Morgan fingerprint density at radius 2 is 2.21 bits per heavy atom. The van der Waals surface area contributed by atoms with Crippen LogP contribution in [0.15, 0.2) is 21.2 Å². The van der Waals surface area contributed by atoms with Crippen LogP contribution in [0.2, 0.25) is 0 Å². The van der Waals surface area contributed by atoms with Gasteiger partial charge >= 0.3 is 0 Å². The molecule has 4 heteroatoms. The number of ether oxygens (including phenoxy) is 1. The lowest BCUT2D eigenvalue weighted by Crippen LogP contribution is -2.28. The lowest BCUT2D eigenvalue weighted by atomic mass is 10.2. The van der Waals surface area contributed by atoms with Gasteiger partial charge in [-0.1, -0.05) is 0 Å². The molecule has 2 unspecified atom stereocenters. The molecule has 3 nitrogen and oxygen atoms in total. The summed E-state index contributed by atoms with van der Waals surface area (Å²) < 4.78 is 11.3. The number of hydrogen-bond acceptors (Lipinski definition) is 3. The van der Waals surface area contributed by atoms with E-state index in [-0.39, 0.29) is 12.1 Å². The lowest BCUT2D eigenvalue weighted by molar-refractivity contribution is 0.114. The lowest BCUT2D eigenvalue weighted by Gasteiger charge is -2.14. The van der Waals surface area contributed by atoms with Crippen LogP contribution in [-0.2, 0) is 4.74 Å². The number of hydrogen-bond donors (Lipinski definition) is 1. The van der Waals surface area contributed by atoms with Crippen molar-refractivity contribution in [3.63, 3.8) is 0 Å². The maximum absolute atomic E-state index is 5.42. The van der Waals surface area contributed by atoms with E-state index in [1.807, 2.05) is 19.1 Å². The van der Waals surface area contributed by atoms with Crippen LogP contribution in [-0.4, -0.2) is 19.8 Å². The molecular formula is C10H16BrNO2. The molecule has 1 rings (SSSR count). The summed E-state index contributed by atoms with van der Waals surface area (Å²) >= 11 is 3.28. The molecule has 0 bridgehead atoms. The topological polar surface area (TPSA) is 34.4 Å². The molecule has 14 heavy (non-hydrogen) atoms. The summed E-state index contributed by atoms with van der Waals surface area (Å²) in [6, 6.07) is 4.06. The van der Waals surface area contributed by atoms with Crippen LogP contribution in [0.1, 0.15) is 25.6 Å². The van der Waals surface area contributed by atoms with Crippen LogP contribution in [0.3, 0.4) is 0 Å². The minimum Gasteiger partial charge on any atom is -0.453 e. The monoisotopic (exact) mass is 261 g/mol. The van der Waals surface area contributed by atoms with E-state index < -0.39 is 0 Å². The van der Waals surface area contributed by atoms with Crippen LogP contribution in [0.25, 0.3) is 0 Å². The van der Waals surface area contributed by atoms with Gasteiger partial charge in [0.15, 0.2) is 4.67 Å². The number of methoxy groups -OCH3 is 1. The molecule has 0 aliphatic carbocycles. The first-order valence-electron chi connectivity index (χ1n) is 4.65. The van der Waals surface area contributed by atoms with E-state index in [0.717, 1.165) is 17.0 Å². The molecule has 1 aromatic heterocycles. The van der Waals surface area contributed by atoms with Crippen molar-refractivity contribution in [3.05, 3.63) is 22.6 Å². The highest BCUT2D eigenvalue weighted by Crippen LogP contribution is 2.19. The molecule has 0 radical (unpaired) electrons. The molecule has 0 saturated heterocycles. The molecule has 1 heterocycles. The van der Waals surface area contributed by atoms with Gasteiger partial charge in [-0.3, -0.25) is 0 Å². The van der Waals surface area contributed by atoms with E-state index in [0.29, 0.717) is 0 Å². The average Bonchev–Trinajstić information content (AvgIpc) is 2.60. The van der Waals surface area contributed by atoms with Crippen molar-refractivity contribution in [2.75, 3.05) is 13.7 Å². The molecule has 1 N–H and O–H groups in total. The second kappa shape index (κ2) is 5.53. The fourth-order valence-corrected chi connectivity index (χ4v) is 1.41. The van der Waals surface area contributed by atoms with Crippen LogP contribution >= 0.6 is 15.9 Å². The Labute approximate surface area is 92.9 Å². The molecule has 2 atom stereocenters. The summed E-state index contributed by atoms with van der Waals surface area (Å²) in [7, 11) is 1.71. The van der Waals surface area contributed by atoms with Gasteiger partial charge in [0, 0.05) is 13.7 Å². The summed E-state index contributed by atoms with van der Waals surface area (Å²) in [5.41, 5.74) is 0. The van der Waals surface area contributed by atoms with Crippen molar-refractivity contribution in [2.45, 2.75) is 26.0 Å². The number of nitrogens with one attached hydrogen (secondary N) is 1. The van der Waals surface area contributed by atoms with Crippen LogP contribution in [0.5, 0.6) is 0 Å². The normalized spacial score (nSPS) is 15.4.